The maximum Gasteiger partial charge on any atom is 0.148 e. The van der Waals surface area contributed by atoms with Crippen LogP contribution in [-0.4, -0.2) is 15.4 Å². The second kappa shape index (κ2) is 7.04. The second-order valence-electron chi connectivity index (χ2n) is 5.06. The minimum absolute atomic E-state index is 0.430. The van der Waals surface area contributed by atoms with Crippen molar-refractivity contribution in [3.05, 3.63) is 10.4 Å². The van der Waals surface area contributed by atoms with Crippen LogP contribution < -0.4 is 11.1 Å². The third-order valence-electron chi connectivity index (χ3n) is 3.21. The van der Waals surface area contributed by atoms with Gasteiger partial charge in [0.15, 0.2) is 0 Å². The number of nitrogens with two attached hydrogens (primary N) is 1. The van der Waals surface area contributed by atoms with Gasteiger partial charge in [-0.05, 0) is 31.8 Å². The number of rotatable bonds is 7. The van der Waals surface area contributed by atoms with Crippen molar-refractivity contribution in [1.29, 1.82) is 0 Å². The Labute approximate surface area is 128 Å². The molecule has 6 heteroatoms. The molecule has 0 aromatic carbocycles. The predicted octanol–water partition coefficient (Wildman–Crippen LogP) is 4.54. The van der Waals surface area contributed by atoms with Crippen molar-refractivity contribution < 1.29 is 0 Å². The average Bonchev–Trinajstić information content (AvgIpc) is 2.96. The summed E-state index contributed by atoms with van der Waals surface area (Å²) in [5, 5.41) is 7.67. The molecule has 20 heavy (non-hydrogen) atoms. The van der Waals surface area contributed by atoms with Crippen molar-refractivity contribution in [3.8, 4) is 11.3 Å². The minimum Gasteiger partial charge on any atom is -0.382 e. The van der Waals surface area contributed by atoms with Gasteiger partial charge >= 0.3 is 0 Å². The lowest BCUT2D eigenvalue weighted by molar-refractivity contribution is 0.616. The number of nitrogen functional groups attached to an aromatic ring is 1. The largest absolute Gasteiger partial charge is 0.382 e. The van der Waals surface area contributed by atoms with E-state index in [0.717, 1.165) is 21.3 Å². The highest BCUT2D eigenvalue weighted by atomic mass is 32.1. The lowest BCUT2D eigenvalue weighted by Crippen LogP contribution is -2.14. The molecule has 2 aromatic rings. The summed E-state index contributed by atoms with van der Waals surface area (Å²) in [5.74, 6) is 0.573. The summed E-state index contributed by atoms with van der Waals surface area (Å²) < 4.78 is 4.27. The SMILES string of the molecule is CCCCCC(C)Nc1snc(N)c1-c1csc(C)n1. The van der Waals surface area contributed by atoms with Gasteiger partial charge in [-0.2, -0.15) is 4.37 Å². The van der Waals surface area contributed by atoms with E-state index in [2.05, 4.69) is 28.5 Å². The van der Waals surface area contributed by atoms with Crippen LogP contribution in [0, 0.1) is 6.92 Å². The average molecular weight is 310 g/mol. The molecule has 0 saturated carbocycles. The molecule has 1 unspecified atom stereocenters. The van der Waals surface area contributed by atoms with E-state index in [1.165, 1.54) is 37.2 Å². The monoisotopic (exact) mass is 310 g/mol. The number of unbranched alkanes of at least 4 members (excludes halogenated alkanes) is 2. The third kappa shape index (κ3) is 3.70. The van der Waals surface area contributed by atoms with Gasteiger partial charge in [-0.25, -0.2) is 4.98 Å². The van der Waals surface area contributed by atoms with Crippen LogP contribution in [0.3, 0.4) is 0 Å². The van der Waals surface area contributed by atoms with Crippen LogP contribution in [0.1, 0.15) is 44.5 Å². The first-order valence-corrected chi connectivity index (χ1v) is 8.71. The Morgan fingerprint density at radius 3 is 2.85 bits per heavy atom. The quantitative estimate of drug-likeness (QED) is 0.737. The van der Waals surface area contributed by atoms with Crippen molar-refractivity contribution in [1.82, 2.24) is 9.36 Å². The molecule has 4 nitrogen and oxygen atoms in total. The Balaban J connectivity index is 2.09. The summed E-state index contributed by atoms with van der Waals surface area (Å²) in [4.78, 5) is 4.52. The number of hydrogen-bond donors (Lipinski definition) is 2. The van der Waals surface area contributed by atoms with Gasteiger partial charge in [0.2, 0.25) is 0 Å². The Morgan fingerprint density at radius 2 is 2.20 bits per heavy atom. The number of thiazole rings is 1. The van der Waals surface area contributed by atoms with Crippen molar-refractivity contribution >= 4 is 33.7 Å². The fourth-order valence-electron chi connectivity index (χ4n) is 2.12. The van der Waals surface area contributed by atoms with Crippen LogP contribution in [0.15, 0.2) is 5.38 Å². The molecule has 3 N–H and O–H groups in total. The molecular formula is C14H22N4S2. The number of aryl methyl sites for hydroxylation is 1. The number of aromatic nitrogens is 2. The van der Waals surface area contributed by atoms with E-state index in [1.54, 1.807) is 11.3 Å². The Kier molecular flexibility index (Phi) is 5.37. The number of nitrogens with zero attached hydrogens (tertiary/aromatic N) is 2. The molecular weight excluding hydrogens is 288 g/mol. The molecule has 0 amide bonds. The Bertz CT molecular complexity index is 547. The number of nitrogens with one attached hydrogen (secondary N) is 1. The second-order valence-corrected chi connectivity index (χ2v) is 6.90. The molecule has 2 rings (SSSR count). The van der Waals surface area contributed by atoms with Crippen molar-refractivity contribution in [2.75, 3.05) is 11.1 Å². The number of anilines is 2. The normalized spacial score (nSPS) is 12.6. The topological polar surface area (TPSA) is 63.8 Å². The van der Waals surface area contributed by atoms with E-state index in [9.17, 15) is 0 Å². The van der Waals surface area contributed by atoms with Crippen molar-refractivity contribution in [2.45, 2.75) is 52.5 Å². The summed E-state index contributed by atoms with van der Waals surface area (Å²) >= 11 is 3.06. The van der Waals surface area contributed by atoms with Gasteiger partial charge in [0, 0.05) is 11.4 Å². The van der Waals surface area contributed by atoms with Gasteiger partial charge in [-0.1, -0.05) is 26.2 Å². The zero-order valence-corrected chi connectivity index (χ0v) is 13.9. The molecule has 0 aliphatic carbocycles. The first-order valence-electron chi connectivity index (χ1n) is 7.06. The molecule has 0 radical (unpaired) electrons. The van der Waals surface area contributed by atoms with E-state index in [1.807, 2.05) is 12.3 Å². The molecule has 0 spiro atoms. The molecule has 0 aliphatic heterocycles. The molecule has 0 bridgehead atoms. The smallest absolute Gasteiger partial charge is 0.148 e. The molecule has 2 heterocycles. The van der Waals surface area contributed by atoms with E-state index in [-0.39, 0.29) is 0 Å². The van der Waals surface area contributed by atoms with Crippen LogP contribution in [0.4, 0.5) is 10.8 Å². The lowest BCUT2D eigenvalue weighted by atomic mass is 10.1. The fourth-order valence-corrected chi connectivity index (χ4v) is 3.56. The van der Waals surface area contributed by atoms with Gasteiger partial charge in [-0.15, -0.1) is 11.3 Å². The first-order chi connectivity index (χ1) is 9.61. The van der Waals surface area contributed by atoms with E-state index in [0.29, 0.717) is 11.9 Å². The zero-order chi connectivity index (χ0) is 14.5. The summed E-state index contributed by atoms with van der Waals surface area (Å²) in [7, 11) is 0. The zero-order valence-electron chi connectivity index (χ0n) is 12.3. The summed E-state index contributed by atoms with van der Waals surface area (Å²) in [5.41, 5.74) is 7.90. The van der Waals surface area contributed by atoms with E-state index in [4.69, 9.17) is 5.73 Å². The van der Waals surface area contributed by atoms with Gasteiger partial charge in [-0.3, -0.25) is 0 Å². The van der Waals surface area contributed by atoms with Gasteiger partial charge in [0.1, 0.15) is 10.8 Å². The maximum atomic E-state index is 6.00. The number of hydrogen-bond acceptors (Lipinski definition) is 6. The highest BCUT2D eigenvalue weighted by Crippen LogP contribution is 2.37. The van der Waals surface area contributed by atoms with E-state index >= 15 is 0 Å². The van der Waals surface area contributed by atoms with Gasteiger partial charge in [0.05, 0.1) is 16.3 Å². The first kappa shape index (κ1) is 15.3. The molecule has 2 aromatic heterocycles. The summed E-state index contributed by atoms with van der Waals surface area (Å²) in [6, 6.07) is 0.430. The van der Waals surface area contributed by atoms with Gasteiger partial charge < -0.3 is 11.1 Å². The molecule has 1 atom stereocenters. The Morgan fingerprint density at radius 1 is 1.40 bits per heavy atom. The molecule has 0 fully saturated rings. The summed E-state index contributed by atoms with van der Waals surface area (Å²) in [6.07, 6.45) is 4.96. The van der Waals surface area contributed by atoms with Crippen molar-refractivity contribution in [3.63, 3.8) is 0 Å². The molecule has 0 saturated heterocycles. The van der Waals surface area contributed by atoms with Crippen LogP contribution in [0.2, 0.25) is 0 Å². The van der Waals surface area contributed by atoms with E-state index < -0.39 is 0 Å². The minimum atomic E-state index is 0.430. The van der Waals surface area contributed by atoms with Crippen molar-refractivity contribution in [2.24, 2.45) is 0 Å². The maximum absolute atomic E-state index is 6.00. The highest BCUT2D eigenvalue weighted by Gasteiger charge is 2.17. The van der Waals surface area contributed by atoms with Gasteiger partial charge in [0.25, 0.3) is 0 Å². The highest BCUT2D eigenvalue weighted by molar-refractivity contribution is 7.11. The Hall–Kier alpha value is -1.14. The molecule has 110 valence electrons. The standard InChI is InChI=1S/C14H22N4S2/c1-4-5-6-7-9(2)16-14-12(13(15)18-20-14)11-8-19-10(3)17-11/h8-9,16H,4-7H2,1-3H3,(H2,15,18). The van der Waals surface area contributed by atoms with Crippen LogP contribution >= 0.6 is 22.9 Å². The summed E-state index contributed by atoms with van der Waals surface area (Å²) in [6.45, 7) is 6.44. The third-order valence-corrected chi connectivity index (χ3v) is 4.78. The molecule has 0 aliphatic rings. The fraction of sp³-hybridized carbons (Fsp3) is 0.571. The van der Waals surface area contributed by atoms with Crippen LogP contribution in [0.25, 0.3) is 11.3 Å². The van der Waals surface area contributed by atoms with Crippen LogP contribution in [-0.2, 0) is 0 Å². The van der Waals surface area contributed by atoms with Crippen LogP contribution in [0.5, 0.6) is 0 Å². The predicted molar refractivity (Wildman–Crippen MR) is 89.6 cm³/mol. The lowest BCUT2D eigenvalue weighted by Gasteiger charge is -2.14.